The van der Waals surface area contributed by atoms with E-state index in [4.69, 9.17) is 16.3 Å². The van der Waals surface area contributed by atoms with E-state index >= 15 is 0 Å². The van der Waals surface area contributed by atoms with Gasteiger partial charge in [0.05, 0.1) is 12.1 Å². The molecule has 3 rings (SSSR count). The van der Waals surface area contributed by atoms with Gasteiger partial charge in [0.1, 0.15) is 22.4 Å². The number of hydrogen-bond donors (Lipinski definition) is 1. The fraction of sp³-hybridized carbons (Fsp3) is 0.368. The first-order valence-corrected chi connectivity index (χ1v) is 11.1. The Morgan fingerprint density at radius 3 is 2.68 bits per heavy atom. The number of hydrogen-bond acceptors (Lipinski definition) is 7. The molecule has 0 atom stereocenters. The van der Waals surface area contributed by atoms with E-state index in [1.54, 1.807) is 12.1 Å². The van der Waals surface area contributed by atoms with Gasteiger partial charge in [0.25, 0.3) is 0 Å². The fourth-order valence-corrected chi connectivity index (χ4v) is 4.45. The van der Waals surface area contributed by atoms with E-state index in [1.165, 1.54) is 22.7 Å². The van der Waals surface area contributed by atoms with Crippen molar-refractivity contribution in [2.75, 3.05) is 5.32 Å². The molecule has 0 radical (unpaired) electrons. The Hall–Kier alpha value is -2.03. The van der Waals surface area contributed by atoms with Crippen molar-refractivity contribution in [3.05, 3.63) is 50.4 Å². The Balaban J connectivity index is 1.50. The van der Waals surface area contributed by atoms with E-state index in [0.717, 1.165) is 28.6 Å². The van der Waals surface area contributed by atoms with Gasteiger partial charge in [-0.2, -0.15) is 0 Å². The van der Waals surface area contributed by atoms with Gasteiger partial charge < -0.3 is 10.1 Å². The van der Waals surface area contributed by atoms with Gasteiger partial charge in [0.15, 0.2) is 0 Å². The van der Waals surface area contributed by atoms with Crippen LogP contribution >= 0.6 is 34.3 Å². The number of ether oxygens (including phenoxy) is 1. The van der Waals surface area contributed by atoms with Crippen LogP contribution in [0.25, 0.3) is 0 Å². The van der Waals surface area contributed by atoms with Crippen molar-refractivity contribution in [1.29, 1.82) is 0 Å². The molecule has 28 heavy (non-hydrogen) atoms. The Kier molecular flexibility index (Phi) is 7.36. The molecule has 0 bridgehead atoms. The minimum atomic E-state index is -0.150. The number of nitrogens with zero attached hydrogens (tertiary/aromatic N) is 3. The zero-order valence-corrected chi connectivity index (χ0v) is 18.0. The van der Waals surface area contributed by atoms with Crippen molar-refractivity contribution in [2.45, 2.75) is 45.6 Å². The molecule has 0 spiro atoms. The second-order valence-electron chi connectivity index (χ2n) is 6.16. The van der Waals surface area contributed by atoms with Gasteiger partial charge in [-0.25, -0.2) is 4.98 Å². The van der Waals surface area contributed by atoms with E-state index in [0.29, 0.717) is 28.4 Å². The number of carbonyl (C=O) groups is 1. The summed E-state index contributed by atoms with van der Waals surface area (Å²) in [5, 5.41) is 15.9. The maximum atomic E-state index is 12.3. The smallest absolute Gasteiger partial charge is 0.232 e. The summed E-state index contributed by atoms with van der Waals surface area (Å²) in [6, 6.07) is 7.16. The number of rotatable bonds is 9. The molecular weight excluding hydrogens is 416 g/mol. The van der Waals surface area contributed by atoms with Crippen LogP contribution < -0.4 is 10.1 Å². The number of anilines is 1. The second kappa shape index (κ2) is 9.95. The summed E-state index contributed by atoms with van der Waals surface area (Å²) >= 11 is 8.76. The first-order valence-electron chi connectivity index (χ1n) is 9.02. The maximum absolute atomic E-state index is 12.3. The lowest BCUT2D eigenvalue weighted by Gasteiger charge is -2.05. The Morgan fingerprint density at radius 1 is 1.21 bits per heavy atom. The standard InChI is InChI=1S/C19H21ClN4O2S2/c1-3-12(4-2)18-23-24-19(28-18)22-16(25)9-14-11-27-17(21-14)10-26-15-7-5-13(20)6-8-15/h5-8,11-12H,3-4,9-10H2,1-2H3,(H,22,24,25). The van der Waals surface area contributed by atoms with E-state index in [-0.39, 0.29) is 12.3 Å². The predicted molar refractivity (Wildman–Crippen MR) is 113 cm³/mol. The molecule has 2 heterocycles. The highest BCUT2D eigenvalue weighted by Gasteiger charge is 2.15. The molecule has 0 aliphatic carbocycles. The van der Waals surface area contributed by atoms with Gasteiger partial charge in [0.2, 0.25) is 11.0 Å². The first kappa shape index (κ1) is 20.7. The average molecular weight is 437 g/mol. The van der Waals surface area contributed by atoms with Crippen LogP contribution in [0.3, 0.4) is 0 Å². The van der Waals surface area contributed by atoms with Gasteiger partial charge >= 0.3 is 0 Å². The lowest BCUT2D eigenvalue weighted by Crippen LogP contribution is -2.14. The summed E-state index contributed by atoms with van der Waals surface area (Å²) in [4.78, 5) is 16.7. The van der Waals surface area contributed by atoms with E-state index < -0.39 is 0 Å². The third-order valence-electron chi connectivity index (χ3n) is 4.14. The molecule has 148 valence electrons. The molecule has 6 nitrogen and oxygen atoms in total. The van der Waals surface area contributed by atoms with Crippen LogP contribution in [0.1, 0.15) is 48.3 Å². The zero-order chi connectivity index (χ0) is 19.9. The van der Waals surface area contributed by atoms with E-state index in [9.17, 15) is 4.79 Å². The van der Waals surface area contributed by atoms with E-state index in [2.05, 4.69) is 34.3 Å². The number of aromatic nitrogens is 3. The van der Waals surface area contributed by atoms with Gasteiger partial charge in [-0.1, -0.05) is 36.8 Å². The Morgan fingerprint density at radius 2 is 1.96 bits per heavy atom. The lowest BCUT2D eigenvalue weighted by atomic mass is 10.1. The molecule has 0 saturated carbocycles. The van der Waals surface area contributed by atoms with Crippen molar-refractivity contribution in [3.8, 4) is 5.75 Å². The molecule has 9 heteroatoms. The molecular formula is C19H21ClN4O2S2. The Bertz CT molecular complexity index is 907. The monoisotopic (exact) mass is 436 g/mol. The molecule has 0 fully saturated rings. The normalized spacial score (nSPS) is 11.0. The van der Waals surface area contributed by atoms with Gasteiger partial charge in [-0.15, -0.1) is 21.5 Å². The minimum Gasteiger partial charge on any atom is -0.486 e. The highest BCUT2D eigenvalue weighted by atomic mass is 35.5. The van der Waals surface area contributed by atoms with Crippen molar-refractivity contribution < 1.29 is 9.53 Å². The molecule has 0 aliphatic rings. The van der Waals surface area contributed by atoms with Gasteiger partial charge in [-0.3, -0.25) is 4.79 Å². The number of carbonyl (C=O) groups excluding carboxylic acids is 1. The highest BCUT2D eigenvalue weighted by molar-refractivity contribution is 7.15. The fourth-order valence-electron chi connectivity index (χ4n) is 2.59. The SMILES string of the molecule is CCC(CC)c1nnc(NC(=O)Cc2csc(COc3ccc(Cl)cc3)n2)s1. The number of amides is 1. The van der Waals surface area contributed by atoms with Crippen molar-refractivity contribution in [2.24, 2.45) is 0 Å². The van der Waals surface area contributed by atoms with Gasteiger partial charge in [-0.05, 0) is 37.1 Å². The number of halogens is 1. The molecule has 1 N–H and O–H groups in total. The molecule has 0 aliphatic heterocycles. The number of thiazole rings is 1. The Labute approximate surface area is 177 Å². The van der Waals surface area contributed by atoms with Crippen molar-refractivity contribution in [3.63, 3.8) is 0 Å². The average Bonchev–Trinajstić information content (AvgIpc) is 3.32. The molecule has 2 aromatic heterocycles. The zero-order valence-electron chi connectivity index (χ0n) is 15.6. The van der Waals surface area contributed by atoms with Crippen LogP contribution in [0.15, 0.2) is 29.6 Å². The van der Waals surface area contributed by atoms with Crippen LogP contribution in [0.5, 0.6) is 5.75 Å². The molecule has 0 saturated heterocycles. The van der Waals surface area contributed by atoms with Crippen LogP contribution in [0.2, 0.25) is 5.02 Å². The summed E-state index contributed by atoms with van der Waals surface area (Å²) < 4.78 is 5.68. The first-order chi connectivity index (χ1) is 13.6. The third-order valence-corrected chi connectivity index (χ3v) is 6.26. The minimum absolute atomic E-state index is 0.150. The summed E-state index contributed by atoms with van der Waals surface area (Å²) in [5.41, 5.74) is 0.710. The topological polar surface area (TPSA) is 77.0 Å². The molecule has 1 amide bonds. The third kappa shape index (κ3) is 5.73. The largest absolute Gasteiger partial charge is 0.486 e. The van der Waals surface area contributed by atoms with Crippen LogP contribution in [0, 0.1) is 0 Å². The summed E-state index contributed by atoms with van der Waals surface area (Å²) in [5.74, 6) is 0.969. The second-order valence-corrected chi connectivity index (χ2v) is 8.55. The number of nitrogens with one attached hydrogen (secondary N) is 1. The van der Waals surface area contributed by atoms with Gasteiger partial charge in [0, 0.05) is 16.3 Å². The quantitative estimate of drug-likeness (QED) is 0.491. The van der Waals surface area contributed by atoms with Crippen LogP contribution in [0.4, 0.5) is 5.13 Å². The molecule has 1 aromatic carbocycles. The van der Waals surface area contributed by atoms with Crippen molar-refractivity contribution in [1.82, 2.24) is 15.2 Å². The summed E-state index contributed by atoms with van der Waals surface area (Å²) in [7, 11) is 0. The lowest BCUT2D eigenvalue weighted by molar-refractivity contribution is -0.115. The van der Waals surface area contributed by atoms with Crippen LogP contribution in [-0.4, -0.2) is 21.1 Å². The maximum Gasteiger partial charge on any atom is 0.232 e. The van der Waals surface area contributed by atoms with Crippen LogP contribution in [-0.2, 0) is 17.8 Å². The summed E-state index contributed by atoms with van der Waals surface area (Å²) in [6.45, 7) is 4.61. The van der Waals surface area contributed by atoms with Crippen molar-refractivity contribution >= 4 is 45.3 Å². The highest BCUT2D eigenvalue weighted by Crippen LogP contribution is 2.28. The number of benzene rings is 1. The summed E-state index contributed by atoms with van der Waals surface area (Å²) in [6.07, 6.45) is 2.22. The van der Waals surface area contributed by atoms with E-state index in [1.807, 2.05) is 17.5 Å². The molecule has 3 aromatic rings. The molecule has 0 unspecified atom stereocenters. The predicted octanol–water partition coefficient (Wildman–Crippen LogP) is 5.31.